The van der Waals surface area contributed by atoms with Crippen molar-refractivity contribution < 1.29 is 33.9 Å². The lowest BCUT2D eigenvalue weighted by molar-refractivity contribution is -0.144. The fourth-order valence-corrected chi connectivity index (χ4v) is 7.76. The molecule has 2 fully saturated rings. The number of aromatic nitrogens is 3. The fourth-order valence-electron chi connectivity index (χ4n) is 7.76. The summed E-state index contributed by atoms with van der Waals surface area (Å²) in [6.45, 7) is 7.11. The average Bonchev–Trinajstić information content (AvgIpc) is 3.63. The molecular weight excluding hydrogens is 743 g/mol. The molecule has 16 nitrogen and oxygen atoms in total. The maximum atomic E-state index is 14.5. The van der Waals surface area contributed by atoms with E-state index in [1.807, 2.05) is 75.4 Å². The second-order valence-corrected chi connectivity index (χ2v) is 16.9. The highest BCUT2D eigenvalue weighted by Crippen LogP contribution is 2.47. The maximum absolute atomic E-state index is 14.5. The van der Waals surface area contributed by atoms with Gasteiger partial charge in [0.25, 0.3) is 0 Å². The molecule has 3 aromatic rings. The standard InChI is InChI=1S/C42H55N9O7/c1-26(52)44-21-30-11-8-18-43-38(56)32(19-27-12-14-29(15-13-27)28-9-6-5-7-10-28)47-39(57)33-20-31(53)23-50(33)40(58)36(41(2,3)4)51-24-34(48-49-51)42(16-17-42)25-46-35(54)22-45-37(30)55/h5-7,9-10,12-15,24,30-33,36,53H,8,11,16-23,25H2,1-4H3,(H,43,56)(H,44,52)(H,45,55)(H,46,54)(H,47,57)/t30-,31-,32-,33+,36?/m1/s1. The Hall–Kier alpha value is -5.64. The number of hydrogen-bond donors (Lipinski definition) is 6. The van der Waals surface area contributed by atoms with E-state index in [4.69, 9.17) is 0 Å². The van der Waals surface area contributed by atoms with Crippen LogP contribution in [0.2, 0.25) is 0 Å². The number of carbonyl (C=O) groups excluding carboxylic acids is 6. The number of aliphatic hydroxyl groups excluding tert-OH is 1. The number of aliphatic hydroxyl groups is 1. The Labute approximate surface area is 338 Å². The summed E-state index contributed by atoms with van der Waals surface area (Å²) in [5, 5.41) is 33.7. The summed E-state index contributed by atoms with van der Waals surface area (Å²) >= 11 is 0. The predicted molar refractivity (Wildman–Crippen MR) is 214 cm³/mol. The molecule has 1 unspecified atom stereocenters. The number of fused-ring (bicyclic) bond motifs is 4. The molecule has 3 aliphatic rings. The lowest BCUT2D eigenvalue weighted by Gasteiger charge is -2.35. The Kier molecular flexibility index (Phi) is 12.9. The van der Waals surface area contributed by atoms with Gasteiger partial charge in [-0.3, -0.25) is 28.8 Å². The van der Waals surface area contributed by atoms with E-state index in [1.54, 1.807) is 6.20 Å². The minimum atomic E-state index is -1.06. The van der Waals surface area contributed by atoms with Crippen molar-refractivity contribution in [3.8, 4) is 11.1 Å². The van der Waals surface area contributed by atoms with E-state index >= 15 is 0 Å². The van der Waals surface area contributed by atoms with Crippen LogP contribution in [-0.2, 0) is 40.6 Å². The second-order valence-electron chi connectivity index (χ2n) is 16.9. The number of benzene rings is 2. The third kappa shape index (κ3) is 10.3. The SMILES string of the molecule is CC(=O)NC[C@H]1CCCNC(=O)[C@@H](Cc2ccc(-c3ccccc3)cc2)NC(=O)[C@@H]2C[C@@H](O)CN2C(=O)C(C(C)(C)C)n2cc(nn2)C2(CC2)CNC(=O)CNC1=O. The molecular formula is C42H55N9O7. The van der Waals surface area contributed by atoms with Crippen LogP contribution in [-0.4, -0.2) is 111 Å². The Morgan fingerprint density at radius 1 is 0.931 bits per heavy atom. The van der Waals surface area contributed by atoms with Gasteiger partial charge in [-0.05, 0) is 47.8 Å². The van der Waals surface area contributed by atoms with Gasteiger partial charge in [0.1, 0.15) is 18.1 Å². The quantitative estimate of drug-likeness (QED) is 0.218. The van der Waals surface area contributed by atoms with Gasteiger partial charge in [-0.2, -0.15) is 0 Å². The second kappa shape index (κ2) is 17.9. The van der Waals surface area contributed by atoms with Gasteiger partial charge in [-0.25, -0.2) is 4.68 Å². The summed E-state index contributed by atoms with van der Waals surface area (Å²) in [4.78, 5) is 82.0. The van der Waals surface area contributed by atoms with Gasteiger partial charge in [-0.15, -0.1) is 5.10 Å². The van der Waals surface area contributed by atoms with Crippen molar-refractivity contribution >= 4 is 35.4 Å². The van der Waals surface area contributed by atoms with E-state index in [2.05, 4.69) is 36.9 Å². The molecule has 2 bridgehead atoms. The molecule has 1 aromatic heterocycles. The van der Waals surface area contributed by atoms with Crippen molar-refractivity contribution in [1.82, 2.24) is 46.5 Å². The van der Waals surface area contributed by atoms with Crippen molar-refractivity contribution in [3.63, 3.8) is 0 Å². The largest absolute Gasteiger partial charge is 0.391 e. The molecule has 3 heterocycles. The molecule has 310 valence electrons. The van der Waals surface area contributed by atoms with Crippen LogP contribution in [0.5, 0.6) is 0 Å². The highest BCUT2D eigenvalue weighted by molar-refractivity contribution is 5.93. The van der Waals surface area contributed by atoms with Crippen molar-refractivity contribution in [2.24, 2.45) is 11.3 Å². The molecule has 6 amide bonds. The van der Waals surface area contributed by atoms with Gasteiger partial charge in [0.2, 0.25) is 35.4 Å². The highest BCUT2D eigenvalue weighted by Gasteiger charge is 2.49. The smallest absolute Gasteiger partial charge is 0.248 e. The summed E-state index contributed by atoms with van der Waals surface area (Å²) in [7, 11) is 0. The normalized spacial score (nSPS) is 24.9. The first-order chi connectivity index (χ1) is 27.6. The first-order valence-corrected chi connectivity index (χ1v) is 20.1. The maximum Gasteiger partial charge on any atom is 0.248 e. The number of nitrogens with zero attached hydrogens (tertiary/aromatic N) is 4. The number of amides is 6. The molecule has 1 spiro atoms. The molecule has 16 heteroatoms. The zero-order valence-electron chi connectivity index (χ0n) is 33.6. The van der Waals surface area contributed by atoms with Crippen molar-refractivity contribution in [2.75, 3.05) is 32.7 Å². The number of nitrogens with one attached hydrogen (secondary N) is 5. The van der Waals surface area contributed by atoms with Crippen LogP contribution in [0, 0.1) is 11.3 Å². The third-order valence-corrected chi connectivity index (χ3v) is 11.3. The topological polar surface area (TPSA) is 217 Å². The van der Waals surface area contributed by atoms with Gasteiger partial charge in [-0.1, -0.05) is 80.6 Å². The van der Waals surface area contributed by atoms with E-state index < -0.39 is 70.5 Å². The van der Waals surface area contributed by atoms with Crippen LogP contribution in [0.3, 0.4) is 0 Å². The molecule has 1 aliphatic carbocycles. The first-order valence-electron chi connectivity index (χ1n) is 20.1. The molecule has 2 aliphatic heterocycles. The Morgan fingerprint density at radius 2 is 1.64 bits per heavy atom. The number of carbonyl (C=O) groups is 6. The van der Waals surface area contributed by atoms with Crippen molar-refractivity contribution in [1.29, 1.82) is 0 Å². The van der Waals surface area contributed by atoms with E-state index in [0.29, 0.717) is 12.1 Å². The molecule has 6 N–H and O–H groups in total. The molecule has 58 heavy (non-hydrogen) atoms. The van der Waals surface area contributed by atoms with Gasteiger partial charge in [0.15, 0.2) is 0 Å². The lowest BCUT2D eigenvalue weighted by Crippen LogP contribution is -2.55. The van der Waals surface area contributed by atoms with E-state index in [9.17, 15) is 33.9 Å². The molecule has 1 saturated carbocycles. The summed E-state index contributed by atoms with van der Waals surface area (Å²) in [5.74, 6) is -3.24. The number of hydrogen-bond acceptors (Lipinski definition) is 9. The Balaban J connectivity index is 1.29. The van der Waals surface area contributed by atoms with Gasteiger partial charge < -0.3 is 36.6 Å². The van der Waals surface area contributed by atoms with Gasteiger partial charge in [0.05, 0.1) is 30.5 Å². The molecule has 5 atom stereocenters. The summed E-state index contributed by atoms with van der Waals surface area (Å²) in [6.07, 6.45) is 2.98. The van der Waals surface area contributed by atoms with Crippen LogP contribution in [0.1, 0.15) is 77.1 Å². The molecule has 6 rings (SSSR count). The monoisotopic (exact) mass is 797 g/mol. The molecule has 2 aromatic carbocycles. The zero-order valence-corrected chi connectivity index (χ0v) is 33.6. The van der Waals surface area contributed by atoms with Gasteiger partial charge >= 0.3 is 0 Å². The first kappa shape index (κ1) is 42.0. The summed E-state index contributed by atoms with van der Waals surface area (Å²) < 4.78 is 1.50. The third-order valence-electron chi connectivity index (χ3n) is 11.3. The van der Waals surface area contributed by atoms with E-state index in [-0.39, 0.29) is 57.9 Å². The minimum Gasteiger partial charge on any atom is -0.391 e. The van der Waals surface area contributed by atoms with Crippen molar-refractivity contribution in [3.05, 3.63) is 72.1 Å². The Bertz CT molecular complexity index is 1970. The van der Waals surface area contributed by atoms with E-state index in [0.717, 1.165) is 29.5 Å². The lowest BCUT2D eigenvalue weighted by atomic mass is 9.85. The molecule has 0 radical (unpaired) electrons. The summed E-state index contributed by atoms with van der Waals surface area (Å²) in [5.41, 5.74) is 2.23. The molecule has 1 saturated heterocycles. The summed E-state index contributed by atoms with van der Waals surface area (Å²) in [6, 6.07) is 14.5. The number of rotatable bonds is 5. The minimum absolute atomic E-state index is 0.0162. The predicted octanol–water partition coefficient (Wildman–Crippen LogP) is 1.15. The van der Waals surface area contributed by atoms with Crippen LogP contribution < -0.4 is 26.6 Å². The van der Waals surface area contributed by atoms with Crippen LogP contribution >= 0.6 is 0 Å². The van der Waals surface area contributed by atoms with Crippen LogP contribution in [0.4, 0.5) is 0 Å². The Morgan fingerprint density at radius 3 is 2.31 bits per heavy atom. The zero-order chi connectivity index (χ0) is 41.6. The van der Waals surface area contributed by atoms with Crippen molar-refractivity contribution in [2.45, 2.75) is 95.9 Å². The highest BCUT2D eigenvalue weighted by atomic mass is 16.3. The van der Waals surface area contributed by atoms with E-state index in [1.165, 1.54) is 16.5 Å². The fraction of sp³-hybridized carbons (Fsp3) is 0.524. The van der Waals surface area contributed by atoms with Crippen LogP contribution in [0.25, 0.3) is 11.1 Å². The average molecular weight is 798 g/mol. The van der Waals surface area contributed by atoms with Gasteiger partial charge in [0, 0.05) is 51.4 Å². The van der Waals surface area contributed by atoms with Crippen LogP contribution in [0.15, 0.2) is 60.8 Å².